The van der Waals surface area contributed by atoms with Crippen molar-refractivity contribution < 1.29 is 0 Å². The minimum Gasteiger partial charge on any atom is -0.259 e. The van der Waals surface area contributed by atoms with Crippen LogP contribution in [-0.4, -0.2) is 28.0 Å². The predicted octanol–water partition coefficient (Wildman–Crippen LogP) is 11.6. The second-order valence-electron chi connectivity index (χ2n) is 15.4. The molecule has 1 aliphatic heterocycles. The fourth-order valence-corrected chi connectivity index (χ4v) is 11.9. The highest BCUT2D eigenvalue weighted by Gasteiger charge is 2.40. The molecule has 1 aliphatic rings. The molecule has 9 aromatic rings. The van der Waals surface area contributed by atoms with E-state index < -0.39 is 8.07 Å². The van der Waals surface area contributed by atoms with E-state index in [9.17, 15) is 0 Å². The van der Waals surface area contributed by atoms with Crippen molar-refractivity contribution in [2.75, 3.05) is 0 Å². The lowest BCUT2D eigenvalue weighted by Crippen LogP contribution is -2.59. The highest BCUT2D eigenvalue weighted by atomic mass is 28.3. The maximum Gasteiger partial charge on any atom is 0.165 e. The van der Waals surface area contributed by atoms with Gasteiger partial charge >= 0.3 is 0 Å². The average molecular weight is 761 g/mol. The first-order chi connectivity index (χ1) is 28.5. The molecule has 0 spiro atoms. The maximum atomic E-state index is 5.56. The van der Waals surface area contributed by atoms with Crippen molar-refractivity contribution >= 4 is 18.4 Å². The number of pyridine rings is 1. The highest BCUT2D eigenvalue weighted by molar-refractivity contribution is 7.01. The maximum absolute atomic E-state index is 5.56. The smallest absolute Gasteiger partial charge is 0.165 e. The van der Waals surface area contributed by atoms with Crippen molar-refractivity contribution in [3.05, 3.63) is 217 Å². The van der Waals surface area contributed by atoms with E-state index in [1.807, 2.05) is 36.4 Å². The molecule has 10 rings (SSSR count). The van der Waals surface area contributed by atoms with Crippen LogP contribution in [0, 0.1) is 0 Å². The van der Waals surface area contributed by atoms with Gasteiger partial charge in [-0.25, -0.2) is 15.0 Å². The van der Waals surface area contributed by atoms with Crippen LogP contribution in [0.5, 0.6) is 0 Å². The van der Waals surface area contributed by atoms with Crippen molar-refractivity contribution in [3.8, 4) is 67.5 Å². The van der Waals surface area contributed by atoms with Crippen molar-refractivity contribution in [3.63, 3.8) is 0 Å². The molecule has 0 radical (unpaired) electrons. The minimum atomic E-state index is -2.03. The van der Waals surface area contributed by atoms with Gasteiger partial charge in [0.1, 0.15) is 8.07 Å². The number of aromatic nitrogens is 4. The quantitative estimate of drug-likeness (QED) is 0.152. The molecule has 0 N–H and O–H groups in total. The molecule has 0 aliphatic carbocycles. The Hall–Kier alpha value is -7.08. The van der Waals surface area contributed by atoms with Crippen molar-refractivity contribution in [1.29, 1.82) is 0 Å². The second-order valence-corrected chi connectivity index (χ2v) is 19.7. The monoisotopic (exact) mass is 760 g/mol. The number of hydrogen-bond acceptors (Lipinski definition) is 4. The Morgan fingerprint density at radius 1 is 0.362 bits per heavy atom. The van der Waals surface area contributed by atoms with E-state index >= 15 is 0 Å². The molecule has 276 valence electrons. The molecule has 0 bridgehead atoms. The summed E-state index contributed by atoms with van der Waals surface area (Å²) in [6.45, 7) is 4.93. The Labute approximate surface area is 340 Å². The van der Waals surface area contributed by atoms with Crippen molar-refractivity contribution in [1.82, 2.24) is 19.9 Å². The van der Waals surface area contributed by atoms with Gasteiger partial charge in [0.15, 0.2) is 17.5 Å². The summed E-state index contributed by atoms with van der Waals surface area (Å²) in [4.78, 5) is 21.3. The standard InChI is InChI=1S/C53H40N4Si/c1-58(2)47-29-17-15-27-43(47)49(44-28-16-18-30-48(44)58)50-46(53-56-51(38-23-11-5-12-24-38)55-52(57-53)39-25-13-6-14-26-39)34-41(35-54-50)45-33-40(36-19-7-3-8-20-36)31-32-42(45)37-21-9-4-10-22-37/h3-35,49H,1-2H3. The third-order valence-electron chi connectivity index (χ3n) is 11.5. The summed E-state index contributed by atoms with van der Waals surface area (Å²) < 4.78 is 0. The Kier molecular flexibility index (Phi) is 9.00. The van der Waals surface area contributed by atoms with E-state index in [4.69, 9.17) is 19.9 Å². The zero-order valence-electron chi connectivity index (χ0n) is 32.4. The van der Waals surface area contributed by atoms with E-state index in [0.29, 0.717) is 17.5 Å². The van der Waals surface area contributed by atoms with Crippen LogP contribution < -0.4 is 10.4 Å². The summed E-state index contributed by atoms with van der Waals surface area (Å²) in [6, 6.07) is 68.6. The number of hydrogen-bond donors (Lipinski definition) is 0. The van der Waals surface area contributed by atoms with Crippen molar-refractivity contribution in [2.24, 2.45) is 0 Å². The van der Waals surface area contributed by atoms with Gasteiger partial charge in [0.05, 0.1) is 11.6 Å². The Bertz CT molecular complexity index is 2810. The molecule has 0 fully saturated rings. The average Bonchev–Trinajstić information content (AvgIpc) is 3.30. The van der Waals surface area contributed by atoms with Gasteiger partial charge in [-0.1, -0.05) is 205 Å². The number of nitrogens with zero attached hydrogens (tertiary/aromatic N) is 4. The molecule has 3 heterocycles. The third kappa shape index (κ3) is 6.36. The highest BCUT2D eigenvalue weighted by Crippen LogP contribution is 2.42. The van der Waals surface area contributed by atoms with E-state index in [0.717, 1.165) is 55.8 Å². The number of rotatable bonds is 7. The zero-order valence-corrected chi connectivity index (χ0v) is 33.4. The van der Waals surface area contributed by atoms with Gasteiger partial charge in [-0.05, 0) is 51.1 Å². The zero-order chi connectivity index (χ0) is 39.1. The second kappa shape index (κ2) is 14.8. The van der Waals surface area contributed by atoms with Gasteiger partial charge in [0.25, 0.3) is 0 Å². The lowest BCUT2D eigenvalue weighted by atomic mass is 9.84. The minimum absolute atomic E-state index is 0.127. The third-order valence-corrected chi connectivity index (χ3v) is 15.1. The van der Waals surface area contributed by atoms with Crippen LogP contribution in [0.3, 0.4) is 0 Å². The summed E-state index contributed by atoms with van der Waals surface area (Å²) in [6.07, 6.45) is 2.06. The molecule has 0 amide bonds. The number of fused-ring (bicyclic) bond motifs is 2. The van der Waals surface area contributed by atoms with Gasteiger partial charge in [-0.3, -0.25) is 4.98 Å². The summed E-state index contributed by atoms with van der Waals surface area (Å²) in [5, 5.41) is 2.87. The molecule has 0 saturated carbocycles. The molecule has 2 aromatic heterocycles. The van der Waals surface area contributed by atoms with Gasteiger partial charge in [0, 0.05) is 28.5 Å². The summed E-state index contributed by atoms with van der Waals surface area (Å²) >= 11 is 0. The first-order valence-corrected chi connectivity index (χ1v) is 22.8. The first kappa shape index (κ1) is 35.3. The molecule has 0 atom stereocenters. The summed E-state index contributed by atoms with van der Waals surface area (Å²) in [5.74, 6) is 1.71. The van der Waals surface area contributed by atoms with Gasteiger partial charge in [-0.15, -0.1) is 0 Å². The van der Waals surface area contributed by atoms with Crippen molar-refractivity contribution in [2.45, 2.75) is 19.0 Å². The molecule has 0 saturated heterocycles. The SMILES string of the molecule is C[Si]1(C)c2ccccc2C(c2ncc(-c3cc(-c4ccccc4)ccc3-c3ccccc3)cc2-c2nc(-c3ccccc3)nc(-c3ccccc3)n2)c2ccccc21. The van der Waals surface area contributed by atoms with Crippen LogP contribution in [0.4, 0.5) is 0 Å². The number of benzene rings is 7. The predicted molar refractivity (Wildman–Crippen MR) is 241 cm³/mol. The van der Waals surface area contributed by atoms with E-state index in [2.05, 4.69) is 177 Å². The van der Waals surface area contributed by atoms with Crippen LogP contribution in [0.15, 0.2) is 200 Å². The largest absolute Gasteiger partial charge is 0.259 e. The Morgan fingerprint density at radius 3 is 1.36 bits per heavy atom. The van der Waals surface area contributed by atoms with Crippen LogP contribution in [0.25, 0.3) is 67.5 Å². The topological polar surface area (TPSA) is 51.6 Å². The van der Waals surface area contributed by atoms with Gasteiger partial charge < -0.3 is 0 Å². The first-order valence-electron chi connectivity index (χ1n) is 19.8. The van der Waals surface area contributed by atoms with Gasteiger partial charge in [-0.2, -0.15) is 0 Å². The lowest BCUT2D eigenvalue weighted by Gasteiger charge is -2.38. The Balaban J connectivity index is 1.28. The van der Waals surface area contributed by atoms with Crippen LogP contribution in [0.1, 0.15) is 22.7 Å². The molecular weight excluding hydrogens is 721 g/mol. The van der Waals surface area contributed by atoms with Crippen LogP contribution >= 0.6 is 0 Å². The van der Waals surface area contributed by atoms with Gasteiger partial charge in [0.2, 0.25) is 0 Å². The lowest BCUT2D eigenvalue weighted by molar-refractivity contribution is 0.919. The molecule has 58 heavy (non-hydrogen) atoms. The van der Waals surface area contributed by atoms with E-state index in [-0.39, 0.29) is 5.92 Å². The Morgan fingerprint density at radius 2 is 0.810 bits per heavy atom. The van der Waals surface area contributed by atoms with E-state index in [1.54, 1.807) is 0 Å². The van der Waals surface area contributed by atoms with Crippen LogP contribution in [-0.2, 0) is 0 Å². The molecule has 5 heteroatoms. The molecule has 7 aromatic carbocycles. The summed E-state index contributed by atoms with van der Waals surface area (Å²) in [5.41, 5.74) is 12.9. The fraction of sp³-hybridized carbons (Fsp3) is 0.0566. The normalized spacial score (nSPS) is 13.1. The molecule has 0 unspecified atom stereocenters. The molecule has 4 nitrogen and oxygen atoms in total. The van der Waals surface area contributed by atoms with E-state index in [1.165, 1.54) is 21.5 Å². The van der Waals surface area contributed by atoms with Crippen LogP contribution in [0.2, 0.25) is 13.1 Å². The summed E-state index contributed by atoms with van der Waals surface area (Å²) in [7, 11) is -2.03. The fourth-order valence-electron chi connectivity index (χ4n) is 8.67. The molecular formula is C53H40N4Si.